The van der Waals surface area contributed by atoms with Crippen LogP contribution in [-0.2, 0) is 35.6 Å². The number of esters is 1. The highest BCUT2D eigenvalue weighted by Gasteiger charge is 2.25. The van der Waals surface area contributed by atoms with Crippen LogP contribution in [0.4, 0.5) is 4.79 Å². The molecule has 0 radical (unpaired) electrons. The number of hydrogen-bond donors (Lipinski definition) is 3. The second-order valence-corrected chi connectivity index (χ2v) is 13.7. The number of benzene rings is 5. The average molecular weight is 724 g/mol. The molecule has 0 aliphatic rings. The lowest BCUT2D eigenvalue weighted by atomic mass is 9.96. The lowest BCUT2D eigenvalue weighted by molar-refractivity contribution is -0.147. The number of nitrogens with one attached hydrogen (secondary N) is 3. The van der Waals surface area contributed by atoms with E-state index in [-0.39, 0.29) is 12.6 Å². The van der Waals surface area contributed by atoms with Crippen molar-refractivity contribution in [3.63, 3.8) is 0 Å². The smallest absolute Gasteiger partial charge is 0.412 e. The Bertz CT molecular complexity index is 2110. The Hall–Kier alpha value is -5.86. The molecular weight excluding hydrogens is 675 g/mol. The zero-order valence-corrected chi connectivity index (χ0v) is 31.3. The normalized spacial score (nSPS) is 11.6. The van der Waals surface area contributed by atoms with Crippen LogP contribution in [-0.4, -0.2) is 36.2 Å². The topological polar surface area (TPSA) is 102 Å². The van der Waals surface area contributed by atoms with Crippen molar-refractivity contribution in [3.8, 4) is 22.8 Å². The second kappa shape index (κ2) is 18.8. The summed E-state index contributed by atoms with van der Waals surface area (Å²) < 4.78 is 17.5. The molecular formula is C46H49N3O5. The third kappa shape index (κ3) is 10.6. The van der Waals surface area contributed by atoms with Crippen molar-refractivity contribution < 1.29 is 23.8 Å². The number of fused-ring (bicyclic) bond motifs is 1. The van der Waals surface area contributed by atoms with E-state index in [1.807, 2.05) is 79.7 Å². The Morgan fingerprint density at radius 3 is 2.07 bits per heavy atom. The van der Waals surface area contributed by atoms with E-state index in [2.05, 4.69) is 71.9 Å². The number of ether oxygens (including phenoxy) is 3. The fourth-order valence-corrected chi connectivity index (χ4v) is 6.65. The lowest BCUT2D eigenvalue weighted by Gasteiger charge is -2.19. The predicted octanol–water partition coefficient (Wildman–Crippen LogP) is 9.41. The van der Waals surface area contributed by atoms with Gasteiger partial charge in [0.1, 0.15) is 30.8 Å². The van der Waals surface area contributed by atoms with Crippen molar-refractivity contribution in [2.45, 2.75) is 65.7 Å². The van der Waals surface area contributed by atoms with Crippen LogP contribution < -0.4 is 20.1 Å². The summed E-state index contributed by atoms with van der Waals surface area (Å²) in [4.78, 5) is 29.8. The molecule has 1 atom stereocenters. The standard InChI is InChI=1S/C46H49N3O5/c1-4-47-46(51)54-39-22-23-42-40(28-39)41(44(49-42)37-26-32(2)25-33(3)27-37)29-43(45(50)53-31-36-16-9-6-10-17-36)48-24-12-11-13-34-18-20-38(21-19-34)52-30-35-14-7-5-8-15-35/h5-10,14-23,25-28,43,48-49H,4,11-13,24,29-31H2,1-3H3,(H,47,51). The number of aryl methyl sites for hydroxylation is 3. The van der Waals surface area contributed by atoms with E-state index in [4.69, 9.17) is 14.2 Å². The molecule has 5 aromatic carbocycles. The Morgan fingerprint density at radius 2 is 1.39 bits per heavy atom. The van der Waals surface area contributed by atoms with E-state index in [9.17, 15) is 9.59 Å². The van der Waals surface area contributed by atoms with Crippen molar-refractivity contribution >= 4 is 23.0 Å². The van der Waals surface area contributed by atoms with Gasteiger partial charge in [0, 0.05) is 29.6 Å². The molecule has 0 fully saturated rings. The van der Waals surface area contributed by atoms with Gasteiger partial charge in [-0.2, -0.15) is 0 Å². The third-order valence-electron chi connectivity index (χ3n) is 9.29. The number of carbonyl (C=O) groups excluding carboxylic acids is 2. The molecule has 3 N–H and O–H groups in total. The number of carbonyl (C=O) groups is 2. The molecule has 54 heavy (non-hydrogen) atoms. The first-order chi connectivity index (χ1) is 26.3. The zero-order valence-electron chi connectivity index (χ0n) is 31.3. The second-order valence-electron chi connectivity index (χ2n) is 13.7. The molecule has 0 spiro atoms. The predicted molar refractivity (Wildman–Crippen MR) is 215 cm³/mol. The molecule has 6 rings (SSSR count). The molecule has 1 amide bonds. The fourth-order valence-electron chi connectivity index (χ4n) is 6.65. The summed E-state index contributed by atoms with van der Waals surface area (Å²) in [5.74, 6) is 0.953. The first-order valence-corrected chi connectivity index (χ1v) is 18.7. The summed E-state index contributed by atoms with van der Waals surface area (Å²) in [6.45, 7) is 7.82. The van der Waals surface area contributed by atoms with Gasteiger partial charge in [0.15, 0.2) is 0 Å². The highest BCUT2D eigenvalue weighted by atomic mass is 16.6. The maximum Gasteiger partial charge on any atom is 0.412 e. The van der Waals surface area contributed by atoms with E-state index >= 15 is 0 Å². The van der Waals surface area contributed by atoms with E-state index < -0.39 is 12.1 Å². The molecule has 0 bridgehead atoms. The molecule has 0 saturated heterocycles. The van der Waals surface area contributed by atoms with Crippen molar-refractivity contribution in [2.75, 3.05) is 13.1 Å². The highest BCUT2D eigenvalue weighted by Crippen LogP contribution is 2.35. The average Bonchev–Trinajstić information content (AvgIpc) is 3.54. The first kappa shape index (κ1) is 37.9. The van der Waals surface area contributed by atoms with Crippen LogP contribution in [0.15, 0.2) is 121 Å². The summed E-state index contributed by atoms with van der Waals surface area (Å²) >= 11 is 0. The highest BCUT2D eigenvalue weighted by molar-refractivity contribution is 5.93. The largest absolute Gasteiger partial charge is 0.489 e. The van der Waals surface area contributed by atoms with Gasteiger partial charge in [0.2, 0.25) is 0 Å². The third-order valence-corrected chi connectivity index (χ3v) is 9.29. The molecule has 6 aromatic rings. The Morgan fingerprint density at radius 1 is 0.722 bits per heavy atom. The Labute approximate surface area is 317 Å². The number of aromatic amines is 1. The molecule has 8 heteroatoms. The van der Waals surface area contributed by atoms with E-state index in [1.54, 1.807) is 6.07 Å². The van der Waals surface area contributed by atoms with Gasteiger partial charge in [-0.25, -0.2) is 4.79 Å². The zero-order chi connectivity index (χ0) is 37.7. The van der Waals surface area contributed by atoms with Crippen LogP contribution in [0.3, 0.4) is 0 Å². The number of hydrogen-bond acceptors (Lipinski definition) is 6. The maximum absolute atomic E-state index is 13.9. The minimum absolute atomic E-state index is 0.186. The maximum atomic E-state index is 13.9. The lowest BCUT2D eigenvalue weighted by Crippen LogP contribution is -2.40. The van der Waals surface area contributed by atoms with Gasteiger partial charge in [0.25, 0.3) is 0 Å². The van der Waals surface area contributed by atoms with Crippen LogP contribution in [0, 0.1) is 13.8 Å². The quantitative estimate of drug-likeness (QED) is 0.0641. The number of H-pyrrole nitrogens is 1. The molecule has 8 nitrogen and oxygen atoms in total. The van der Waals surface area contributed by atoms with Gasteiger partial charge in [0.05, 0.1) is 0 Å². The molecule has 1 unspecified atom stereocenters. The van der Waals surface area contributed by atoms with E-state index in [0.29, 0.717) is 31.9 Å². The van der Waals surface area contributed by atoms with Crippen molar-refractivity contribution in [1.29, 1.82) is 0 Å². The van der Waals surface area contributed by atoms with Gasteiger partial charge in [-0.3, -0.25) is 4.79 Å². The van der Waals surface area contributed by atoms with Crippen LogP contribution in [0.2, 0.25) is 0 Å². The van der Waals surface area contributed by atoms with Gasteiger partial charge in [-0.05, 0) is 117 Å². The molecule has 1 aromatic heterocycles. The van der Waals surface area contributed by atoms with E-state index in [1.165, 1.54) is 5.56 Å². The number of unbranched alkanes of at least 4 members (excludes halogenated alkanes) is 1. The number of amides is 1. The SMILES string of the molecule is CCNC(=O)Oc1ccc2[nH]c(-c3cc(C)cc(C)c3)c(CC(NCCCCc3ccc(OCc4ccccc4)cc3)C(=O)OCc3ccccc3)c2c1. The van der Waals surface area contributed by atoms with Crippen LogP contribution >= 0.6 is 0 Å². The van der Waals surface area contributed by atoms with Crippen LogP contribution in [0.1, 0.15) is 53.1 Å². The van der Waals surface area contributed by atoms with E-state index in [0.717, 1.165) is 75.0 Å². The molecule has 0 aliphatic carbocycles. The van der Waals surface area contributed by atoms with Crippen LogP contribution in [0.25, 0.3) is 22.2 Å². The molecule has 0 saturated carbocycles. The summed E-state index contributed by atoms with van der Waals surface area (Å²) in [7, 11) is 0. The minimum Gasteiger partial charge on any atom is -0.489 e. The van der Waals surface area contributed by atoms with Gasteiger partial charge in [-0.1, -0.05) is 90.0 Å². The Balaban J connectivity index is 1.18. The molecule has 278 valence electrons. The summed E-state index contributed by atoms with van der Waals surface area (Å²) in [5, 5.41) is 7.11. The van der Waals surface area contributed by atoms with Gasteiger partial charge < -0.3 is 29.8 Å². The fraction of sp³-hybridized carbons (Fsp3) is 0.261. The number of rotatable bonds is 17. The van der Waals surface area contributed by atoms with Crippen molar-refractivity contribution in [1.82, 2.24) is 15.6 Å². The summed E-state index contributed by atoms with van der Waals surface area (Å²) in [6, 6.07) is 39.5. The van der Waals surface area contributed by atoms with Crippen molar-refractivity contribution in [3.05, 3.63) is 155 Å². The van der Waals surface area contributed by atoms with Gasteiger partial charge in [-0.15, -0.1) is 0 Å². The summed E-state index contributed by atoms with van der Waals surface area (Å²) in [6.07, 6.45) is 2.59. The van der Waals surface area contributed by atoms with Crippen LogP contribution in [0.5, 0.6) is 11.5 Å². The Kier molecular flexibility index (Phi) is 13.2. The summed E-state index contributed by atoms with van der Waals surface area (Å²) in [5.41, 5.74) is 9.36. The molecule has 1 heterocycles. The monoisotopic (exact) mass is 723 g/mol. The minimum atomic E-state index is -0.619. The number of aromatic nitrogens is 1. The van der Waals surface area contributed by atoms with Crippen molar-refractivity contribution in [2.24, 2.45) is 0 Å². The molecule has 0 aliphatic heterocycles. The van der Waals surface area contributed by atoms with Gasteiger partial charge >= 0.3 is 12.1 Å². The first-order valence-electron chi connectivity index (χ1n) is 18.7.